The van der Waals surface area contributed by atoms with E-state index in [1.807, 2.05) is 36.4 Å². The van der Waals surface area contributed by atoms with E-state index in [1.54, 1.807) is 6.07 Å². The first kappa shape index (κ1) is 11.3. The van der Waals surface area contributed by atoms with Crippen molar-refractivity contribution in [2.45, 2.75) is 6.54 Å². The zero-order valence-corrected chi connectivity index (χ0v) is 10.0. The second-order valence-corrected chi connectivity index (χ2v) is 4.22. The molecule has 81 valence electrons. The van der Waals surface area contributed by atoms with E-state index in [0.717, 1.165) is 11.3 Å². The number of halogens is 2. The van der Waals surface area contributed by atoms with Crippen LogP contribution in [0.3, 0.4) is 0 Å². The Hall–Kier alpha value is -1.18. The highest BCUT2D eigenvalue weighted by Crippen LogP contribution is 2.21. The molecule has 1 N–H and O–H groups in total. The molecular weight excluding hydrogens is 241 g/mol. The van der Waals surface area contributed by atoms with Gasteiger partial charge >= 0.3 is 0 Å². The molecule has 16 heavy (non-hydrogen) atoms. The van der Waals surface area contributed by atoms with Gasteiger partial charge in [-0.1, -0.05) is 41.4 Å². The SMILES string of the molecule is Clc1ccc(CNc2cc[c]cc2)c(Cl)c1. The molecule has 0 bridgehead atoms. The van der Waals surface area contributed by atoms with E-state index in [0.29, 0.717) is 16.6 Å². The molecule has 0 atom stereocenters. The van der Waals surface area contributed by atoms with Gasteiger partial charge in [0.15, 0.2) is 0 Å². The molecular formula is C13H10Cl2N. The molecule has 0 aliphatic carbocycles. The van der Waals surface area contributed by atoms with Gasteiger partial charge in [0.2, 0.25) is 0 Å². The van der Waals surface area contributed by atoms with Crippen LogP contribution in [0.15, 0.2) is 42.5 Å². The average molecular weight is 251 g/mol. The Balaban J connectivity index is 2.05. The molecule has 0 saturated heterocycles. The normalized spacial score (nSPS) is 10.1. The van der Waals surface area contributed by atoms with E-state index in [9.17, 15) is 0 Å². The summed E-state index contributed by atoms with van der Waals surface area (Å²) in [6.45, 7) is 0.681. The Morgan fingerprint density at radius 1 is 1.06 bits per heavy atom. The summed E-state index contributed by atoms with van der Waals surface area (Å²) >= 11 is 11.9. The van der Waals surface area contributed by atoms with Crippen LogP contribution in [0.25, 0.3) is 0 Å². The second kappa shape index (κ2) is 5.24. The number of hydrogen-bond acceptors (Lipinski definition) is 1. The van der Waals surface area contributed by atoms with Crippen LogP contribution >= 0.6 is 23.2 Å². The summed E-state index contributed by atoms with van der Waals surface area (Å²) in [5, 5.41) is 4.61. The van der Waals surface area contributed by atoms with E-state index in [2.05, 4.69) is 11.4 Å². The summed E-state index contributed by atoms with van der Waals surface area (Å²) < 4.78 is 0. The summed E-state index contributed by atoms with van der Waals surface area (Å²) in [4.78, 5) is 0. The minimum atomic E-state index is 0.656. The second-order valence-electron chi connectivity index (χ2n) is 3.38. The highest BCUT2D eigenvalue weighted by atomic mass is 35.5. The molecule has 0 aliphatic rings. The summed E-state index contributed by atoms with van der Waals surface area (Å²) in [5.41, 5.74) is 2.07. The van der Waals surface area contributed by atoms with Gasteiger partial charge in [0.1, 0.15) is 0 Å². The van der Waals surface area contributed by atoms with Crippen molar-refractivity contribution in [2.24, 2.45) is 0 Å². The molecule has 0 amide bonds. The van der Waals surface area contributed by atoms with Crippen LogP contribution in [0.4, 0.5) is 5.69 Å². The Morgan fingerprint density at radius 2 is 1.81 bits per heavy atom. The van der Waals surface area contributed by atoms with Gasteiger partial charge in [0.05, 0.1) is 0 Å². The molecule has 0 spiro atoms. The van der Waals surface area contributed by atoms with Crippen LogP contribution in [-0.2, 0) is 6.54 Å². The zero-order valence-electron chi connectivity index (χ0n) is 8.50. The van der Waals surface area contributed by atoms with Gasteiger partial charge in [-0.15, -0.1) is 0 Å². The molecule has 1 radical (unpaired) electrons. The van der Waals surface area contributed by atoms with Crippen molar-refractivity contribution >= 4 is 28.9 Å². The number of rotatable bonds is 3. The quantitative estimate of drug-likeness (QED) is 0.852. The van der Waals surface area contributed by atoms with Crippen LogP contribution in [0, 0.1) is 6.07 Å². The Kier molecular flexibility index (Phi) is 3.70. The fraction of sp³-hybridized carbons (Fsp3) is 0.0769. The van der Waals surface area contributed by atoms with E-state index in [1.165, 1.54) is 0 Å². The third-order valence-electron chi connectivity index (χ3n) is 2.22. The average Bonchev–Trinajstić information content (AvgIpc) is 2.29. The molecule has 0 aliphatic heterocycles. The predicted molar refractivity (Wildman–Crippen MR) is 69.1 cm³/mol. The van der Waals surface area contributed by atoms with Crippen molar-refractivity contribution < 1.29 is 0 Å². The third-order valence-corrected chi connectivity index (χ3v) is 2.80. The minimum absolute atomic E-state index is 0.656. The number of anilines is 1. The van der Waals surface area contributed by atoms with Gasteiger partial charge in [-0.25, -0.2) is 0 Å². The van der Waals surface area contributed by atoms with Crippen molar-refractivity contribution in [3.63, 3.8) is 0 Å². The van der Waals surface area contributed by atoms with Gasteiger partial charge in [0, 0.05) is 22.3 Å². The van der Waals surface area contributed by atoms with Crippen LogP contribution in [0.2, 0.25) is 10.0 Å². The number of benzene rings is 2. The van der Waals surface area contributed by atoms with E-state index in [-0.39, 0.29) is 0 Å². The maximum Gasteiger partial charge on any atom is 0.0470 e. The highest BCUT2D eigenvalue weighted by molar-refractivity contribution is 6.35. The Morgan fingerprint density at radius 3 is 2.50 bits per heavy atom. The summed E-state index contributed by atoms with van der Waals surface area (Å²) in [6, 6.07) is 16.1. The van der Waals surface area contributed by atoms with E-state index in [4.69, 9.17) is 23.2 Å². The summed E-state index contributed by atoms with van der Waals surface area (Å²) in [6.07, 6.45) is 0. The highest BCUT2D eigenvalue weighted by Gasteiger charge is 2.00. The van der Waals surface area contributed by atoms with Crippen LogP contribution in [0.5, 0.6) is 0 Å². The van der Waals surface area contributed by atoms with Gasteiger partial charge in [-0.3, -0.25) is 0 Å². The van der Waals surface area contributed by atoms with Crippen LogP contribution in [0.1, 0.15) is 5.56 Å². The first-order chi connectivity index (χ1) is 7.75. The molecule has 0 aromatic heterocycles. The van der Waals surface area contributed by atoms with Crippen LogP contribution < -0.4 is 5.32 Å². The number of nitrogens with one attached hydrogen (secondary N) is 1. The smallest absolute Gasteiger partial charge is 0.0470 e. The lowest BCUT2D eigenvalue weighted by Crippen LogP contribution is -1.99. The molecule has 0 saturated carbocycles. The first-order valence-electron chi connectivity index (χ1n) is 4.89. The lowest BCUT2D eigenvalue weighted by Gasteiger charge is -2.07. The number of hydrogen-bond donors (Lipinski definition) is 1. The van der Waals surface area contributed by atoms with Gasteiger partial charge in [-0.05, 0) is 35.9 Å². The van der Waals surface area contributed by atoms with Crippen molar-refractivity contribution in [3.8, 4) is 0 Å². The predicted octanol–water partition coefficient (Wildman–Crippen LogP) is 4.41. The molecule has 3 heteroatoms. The molecule has 0 heterocycles. The molecule has 2 rings (SSSR count). The maximum atomic E-state index is 6.07. The molecule has 0 unspecified atom stereocenters. The molecule has 2 aromatic carbocycles. The minimum Gasteiger partial charge on any atom is -0.381 e. The van der Waals surface area contributed by atoms with Gasteiger partial charge in [-0.2, -0.15) is 0 Å². The van der Waals surface area contributed by atoms with Gasteiger partial charge in [0.25, 0.3) is 0 Å². The van der Waals surface area contributed by atoms with E-state index < -0.39 is 0 Å². The fourth-order valence-corrected chi connectivity index (χ4v) is 1.84. The Bertz CT molecular complexity index is 469. The largest absolute Gasteiger partial charge is 0.381 e. The summed E-state index contributed by atoms with van der Waals surface area (Å²) in [5.74, 6) is 0. The van der Waals surface area contributed by atoms with Crippen molar-refractivity contribution in [2.75, 3.05) is 5.32 Å². The third kappa shape index (κ3) is 2.91. The summed E-state index contributed by atoms with van der Waals surface area (Å²) in [7, 11) is 0. The lowest BCUT2D eigenvalue weighted by molar-refractivity contribution is 1.15. The monoisotopic (exact) mass is 250 g/mol. The van der Waals surface area contributed by atoms with Gasteiger partial charge < -0.3 is 5.32 Å². The Labute approximate surface area is 105 Å². The zero-order chi connectivity index (χ0) is 11.4. The van der Waals surface area contributed by atoms with Crippen molar-refractivity contribution in [3.05, 3.63) is 64.1 Å². The maximum absolute atomic E-state index is 6.07. The standard InChI is InChI=1S/C13H10Cl2N/c14-11-7-6-10(13(15)8-11)9-16-12-4-2-1-3-5-12/h2-8,16H,9H2. The van der Waals surface area contributed by atoms with E-state index >= 15 is 0 Å². The molecule has 2 aromatic rings. The first-order valence-corrected chi connectivity index (χ1v) is 5.65. The van der Waals surface area contributed by atoms with Crippen molar-refractivity contribution in [1.29, 1.82) is 0 Å². The molecule has 0 fully saturated rings. The fourth-order valence-electron chi connectivity index (χ4n) is 1.37. The topological polar surface area (TPSA) is 12.0 Å². The van der Waals surface area contributed by atoms with Crippen molar-refractivity contribution in [1.82, 2.24) is 0 Å². The van der Waals surface area contributed by atoms with Crippen LogP contribution in [-0.4, -0.2) is 0 Å². The molecule has 1 nitrogen and oxygen atoms in total. The lowest BCUT2D eigenvalue weighted by atomic mass is 10.2.